The van der Waals surface area contributed by atoms with Gasteiger partial charge in [0.2, 0.25) is 0 Å². The fourth-order valence-electron chi connectivity index (χ4n) is 2.63. The molecule has 1 aliphatic rings. The van der Waals surface area contributed by atoms with Crippen molar-refractivity contribution in [1.29, 1.82) is 0 Å². The van der Waals surface area contributed by atoms with Gasteiger partial charge in [0.1, 0.15) is 10.6 Å². The average molecular weight is 268 g/mol. The van der Waals surface area contributed by atoms with E-state index in [9.17, 15) is 0 Å². The zero-order valence-electron chi connectivity index (χ0n) is 11.6. The van der Waals surface area contributed by atoms with Gasteiger partial charge in [0, 0.05) is 23.7 Å². The fourth-order valence-corrected chi connectivity index (χ4v) is 3.70. The Balaban J connectivity index is 2.23. The molecule has 0 bridgehead atoms. The number of hydrogen-bond donors (Lipinski definition) is 1. The zero-order chi connectivity index (χ0) is 13.2. The smallest absolute Gasteiger partial charge is 0.125 e. The highest BCUT2D eigenvalue weighted by atomic mass is 32.1. The quantitative estimate of drug-likeness (QED) is 0.907. The summed E-state index contributed by atoms with van der Waals surface area (Å²) in [4.78, 5) is 5.75. The van der Waals surface area contributed by atoms with Crippen molar-refractivity contribution in [3.63, 3.8) is 0 Å². The Morgan fingerprint density at radius 3 is 2.72 bits per heavy atom. The van der Waals surface area contributed by atoms with Crippen LogP contribution in [0.1, 0.15) is 62.4 Å². The minimum atomic E-state index is -0.140. The van der Waals surface area contributed by atoms with Gasteiger partial charge in [0.05, 0.1) is 0 Å². The van der Waals surface area contributed by atoms with Crippen LogP contribution in [0.15, 0.2) is 6.20 Å². The number of aromatic nitrogens is 1. The lowest BCUT2D eigenvalue weighted by Crippen LogP contribution is -2.34. The molecule has 0 amide bonds. The van der Waals surface area contributed by atoms with Crippen LogP contribution >= 0.6 is 11.3 Å². The minimum Gasteiger partial charge on any atom is -0.368 e. The Labute approximate surface area is 114 Å². The molecule has 1 fully saturated rings. The van der Waals surface area contributed by atoms with E-state index in [0.29, 0.717) is 0 Å². The Hall–Kier alpha value is -0.450. The molecule has 0 aliphatic heterocycles. The van der Waals surface area contributed by atoms with Crippen molar-refractivity contribution in [2.45, 2.75) is 58.1 Å². The van der Waals surface area contributed by atoms with Crippen molar-refractivity contribution >= 4 is 11.3 Å². The minimum absolute atomic E-state index is 0.0671. The van der Waals surface area contributed by atoms with Crippen LogP contribution in [0.2, 0.25) is 0 Å². The van der Waals surface area contributed by atoms with Crippen LogP contribution in [-0.2, 0) is 10.3 Å². The van der Waals surface area contributed by atoms with Crippen molar-refractivity contribution < 1.29 is 4.74 Å². The van der Waals surface area contributed by atoms with Crippen LogP contribution < -0.4 is 5.73 Å². The summed E-state index contributed by atoms with van der Waals surface area (Å²) in [5.41, 5.74) is 5.79. The normalized spacial score (nSPS) is 30.3. The second kappa shape index (κ2) is 5.68. The Morgan fingerprint density at radius 2 is 2.22 bits per heavy atom. The SMILES string of the molecule is CCOC1(c2ncc(C(C)N)s2)CCC(C)CC1. The number of nitrogens with two attached hydrogens (primary N) is 1. The summed E-state index contributed by atoms with van der Waals surface area (Å²) in [5.74, 6) is 0.812. The maximum Gasteiger partial charge on any atom is 0.125 e. The van der Waals surface area contributed by atoms with Gasteiger partial charge in [0.15, 0.2) is 0 Å². The largest absolute Gasteiger partial charge is 0.368 e. The van der Waals surface area contributed by atoms with Crippen LogP contribution in [0.25, 0.3) is 0 Å². The summed E-state index contributed by atoms with van der Waals surface area (Å²) in [7, 11) is 0. The van der Waals surface area contributed by atoms with Crippen molar-refractivity contribution in [3.8, 4) is 0 Å². The highest BCUT2D eigenvalue weighted by Gasteiger charge is 2.39. The second-order valence-electron chi connectivity index (χ2n) is 5.47. The van der Waals surface area contributed by atoms with Crippen LogP contribution in [0.3, 0.4) is 0 Å². The van der Waals surface area contributed by atoms with E-state index in [2.05, 4.69) is 18.8 Å². The molecule has 1 aromatic heterocycles. The predicted octanol–water partition coefficient (Wildman–Crippen LogP) is 3.60. The van der Waals surface area contributed by atoms with E-state index in [-0.39, 0.29) is 11.6 Å². The van der Waals surface area contributed by atoms with Gasteiger partial charge in [0.25, 0.3) is 0 Å². The third kappa shape index (κ3) is 2.76. The first kappa shape index (κ1) is 14.0. The standard InChI is InChI=1S/C14H24N2OS/c1-4-17-14(7-5-10(2)6-8-14)13-16-9-12(18-13)11(3)15/h9-11H,4-8,15H2,1-3H3. The molecular formula is C14H24N2OS. The number of ether oxygens (including phenoxy) is 1. The summed E-state index contributed by atoms with van der Waals surface area (Å²) >= 11 is 1.73. The molecule has 0 saturated heterocycles. The van der Waals surface area contributed by atoms with Gasteiger partial charge >= 0.3 is 0 Å². The number of nitrogens with zero attached hydrogens (tertiary/aromatic N) is 1. The van der Waals surface area contributed by atoms with E-state index < -0.39 is 0 Å². The van der Waals surface area contributed by atoms with Crippen LogP contribution in [0, 0.1) is 5.92 Å². The molecule has 1 unspecified atom stereocenters. The van der Waals surface area contributed by atoms with Gasteiger partial charge < -0.3 is 10.5 Å². The highest BCUT2D eigenvalue weighted by Crippen LogP contribution is 2.44. The summed E-state index contributed by atoms with van der Waals surface area (Å²) in [6.07, 6.45) is 6.56. The molecule has 0 aromatic carbocycles. The lowest BCUT2D eigenvalue weighted by Gasteiger charge is -2.37. The molecule has 0 spiro atoms. The monoisotopic (exact) mass is 268 g/mol. The molecule has 1 saturated carbocycles. The van der Waals surface area contributed by atoms with Crippen molar-refractivity contribution in [1.82, 2.24) is 4.98 Å². The first-order valence-electron chi connectivity index (χ1n) is 6.93. The molecule has 3 nitrogen and oxygen atoms in total. The summed E-state index contributed by atoms with van der Waals surface area (Å²) < 4.78 is 6.10. The van der Waals surface area contributed by atoms with E-state index in [1.165, 1.54) is 12.8 Å². The maximum atomic E-state index is 6.10. The first-order valence-corrected chi connectivity index (χ1v) is 7.75. The molecule has 1 aromatic rings. The van der Waals surface area contributed by atoms with Gasteiger partial charge in [-0.1, -0.05) is 6.92 Å². The number of rotatable bonds is 4. The summed E-state index contributed by atoms with van der Waals surface area (Å²) in [6, 6.07) is 0.0671. The van der Waals surface area contributed by atoms with Crippen molar-refractivity contribution in [2.75, 3.05) is 6.61 Å². The topological polar surface area (TPSA) is 48.1 Å². The summed E-state index contributed by atoms with van der Waals surface area (Å²) in [6.45, 7) is 7.15. The molecule has 2 N–H and O–H groups in total. The van der Waals surface area contributed by atoms with Crippen LogP contribution in [0.5, 0.6) is 0 Å². The van der Waals surface area contributed by atoms with Crippen molar-refractivity contribution in [2.24, 2.45) is 11.7 Å². The molecule has 4 heteroatoms. The van der Waals surface area contributed by atoms with E-state index in [0.717, 1.165) is 35.3 Å². The lowest BCUT2D eigenvalue weighted by atomic mass is 9.80. The van der Waals surface area contributed by atoms with E-state index >= 15 is 0 Å². The van der Waals surface area contributed by atoms with E-state index in [1.807, 2.05) is 13.1 Å². The average Bonchev–Trinajstić information content (AvgIpc) is 2.83. The third-order valence-electron chi connectivity index (χ3n) is 3.86. The Kier molecular flexibility index (Phi) is 4.41. The van der Waals surface area contributed by atoms with E-state index in [1.54, 1.807) is 11.3 Å². The van der Waals surface area contributed by atoms with E-state index in [4.69, 9.17) is 10.5 Å². The number of thiazole rings is 1. The molecule has 18 heavy (non-hydrogen) atoms. The molecule has 1 aliphatic carbocycles. The van der Waals surface area contributed by atoms with Crippen LogP contribution in [0.4, 0.5) is 0 Å². The van der Waals surface area contributed by atoms with Crippen LogP contribution in [-0.4, -0.2) is 11.6 Å². The van der Waals surface area contributed by atoms with Crippen molar-refractivity contribution in [3.05, 3.63) is 16.1 Å². The molecule has 1 atom stereocenters. The maximum absolute atomic E-state index is 6.10. The van der Waals surface area contributed by atoms with Gasteiger partial charge in [-0.25, -0.2) is 4.98 Å². The van der Waals surface area contributed by atoms with Gasteiger partial charge in [-0.15, -0.1) is 11.3 Å². The second-order valence-corrected chi connectivity index (χ2v) is 6.53. The third-order valence-corrected chi connectivity index (χ3v) is 5.25. The fraction of sp³-hybridized carbons (Fsp3) is 0.786. The molecule has 102 valence electrons. The Bertz CT molecular complexity index is 381. The molecular weight excluding hydrogens is 244 g/mol. The first-order chi connectivity index (χ1) is 8.57. The summed E-state index contributed by atoms with van der Waals surface area (Å²) in [5, 5.41) is 1.13. The lowest BCUT2D eigenvalue weighted by molar-refractivity contribution is -0.0776. The van der Waals surface area contributed by atoms with Gasteiger partial charge in [-0.3, -0.25) is 0 Å². The highest BCUT2D eigenvalue weighted by molar-refractivity contribution is 7.11. The molecule has 2 rings (SSSR count). The Morgan fingerprint density at radius 1 is 1.56 bits per heavy atom. The zero-order valence-corrected chi connectivity index (χ0v) is 12.4. The molecule has 1 heterocycles. The number of hydrogen-bond acceptors (Lipinski definition) is 4. The van der Waals surface area contributed by atoms with Gasteiger partial charge in [-0.05, 0) is 45.4 Å². The molecule has 0 radical (unpaired) electrons. The predicted molar refractivity (Wildman–Crippen MR) is 75.7 cm³/mol. The van der Waals surface area contributed by atoms with Gasteiger partial charge in [-0.2, -0.15) is 0 Å².